The van der Waals surface area contributed by atoms with Crippen LogP contribution in [-0.4, -0.2) is 25.5 Å². The number of aromatic nitrogens is 1. The summed E-state index contributed by atoms with van der Waals surface area (Å²) in [5.41, 5.74) is 0. The predicted molar refractivity (Wildman–Crippen MR) is 81.7 cm³/mol. The average molecular weight is 394 g/mol. The van der Waals surface area contributed by atoms with E-state index < -0.39 is 22.0 Å². The third-order valence-electron chi connectivity index (χ3n) is 2.42. The van der Waals surface area contributed by atoms with Crippen molar-refractivity contribution in [1.82, 2.24) is 9.88 Å². The lowest BCUT2D eigenvalue weighted by Gasteiger charge is -2.12. The van der Waals surface area contributed by atoms with E-state index in [0.717, 1.165) is 11.3 Å². The monoisotopic (exact) mass is 393 g/mol. The van der Waals surface area contributed by atoms with Gasteiger partial charge in [-0.15, -0.1) is 11.3 Å². The molecule has 2 heterocycles. The van der Waals surface area contributed by atoms with E-state index in [9.17, 15) is 13.2 Å². The van der Waals surface area contributed by atoms with Crippen LogP contribution in [0, 0.1) is 6.92 Å². The summed E-state index contributed by atoms with van der Waals surface area (Å²) in [5, 5.41) is 6.07. The Morgan fingerprint density at radius 1 is 1.48 bits per heavy atom. The lowest BCUT2D eigenvalue weighted by atomic mass is 10.3. The summed E-state index contributed by atoms with van der Waals surface area (Å²) in [7, 11) is -3.74. The Bertz CT molecular complexity index is 753. The molecule has 2 aromatic rings. The van der Waals surface area contributed by atoms with Gasteiger partial charge in [0.1, 0.15) is 9.97 Å². The van der Waals surface area contributed by atoms with Gasteiger partial charge >= 0.3 is 0 Å². The largest absolute Gasteiger partial charge is 0.360 e. The molecule has 0 fully saturated rings. The Hall–Kier alpha value is -1.23. The van der Waals surface area contributed by atoms with Crippen molar-refractivity contribution >= 4 is 49.0 Å². The topological polar surface area (TPSA) is 101 Å². The molecule has 2 N–H and O–H groups in total. The van der Waals surface area contributed by atoms with Crippen LogP contribution in [-0.2, 0) is 14.8 Å². The fourth-order valence-corrected chi connectivity index (χ4v) is 4.68. The van der Waals surface area contributed by atoms with Crippen molar-refractivity contribution in [2.75, 3.05) is 5.32 Å². The summed E-state index contributed by atoms with van der Waals surface area (Å²) in [6.07, 6.45) is 0. The maximum absolute atomic E-state index is 12.1. The standard InChI is InChI=1S/C11H12BrN3O4S2/c1-6-5-9(14-19-6)13-11(16)7(2)15-21(17,18)10-4-3-8(12)20-10/h3-5,7,15H,1-2H3,(H,13,14,16)/t7-/m0/s1. The van der Waals surface area contributed by atoms with Gasteiger partial charge in [-0.1, -0.05) is 5.16 Å². The second-order valence-electron chi connectivity index (χ2n) is 4.21. The van der Waals surface area contributed by atoms with Gasteiger partial charge in [0.2, 0.25) is 5.91 Å². The summed E-state index contributed by atoms with van der Waals surface area (Å²) < 4.78 is 32.1. The van der Waals surface area contributed by atoms with Crippen LogP contribution >= 0.6 is 27.3 Å². The molecule has 0 bridgehead atoms. The zero-order valence-corrected chi connectivity index (χ0v) is 14.3. The molecule has 1 amide bonds. The Labute approximate surface area is 133 Å². The second-order valence-corrected chi connectivity index (χ2v) is 8.62. The Balaban J connectivity index is 2.03. The van der Waals surface area contributed by atoms with Crippen LogP contribution in [0.25, 0.3) is 0 Å². The molecular formula is C11H12BrN3O4S2. The van der Waals surface area contributed by atoms with Crippen LogP contribution in [0.15, 0.2) is 30.7 Å². The molecule has 21 heavy (non-hydrogen) atoms. The fourth-order valence-electron chi connectivity index (χ4n) is 1.45. The smallest absolute Gasteiger partial charge is 0.250 e. The first-order chi connectivity index (χ1) is 9.78. The van der Waals surface area contributed by atoms with E-state index in [2.05, 4.69) is 31.1 Å². The molecule has 114 valence electrons. The summed E-state index contributed by atoms with van der Waals surface area (Å²) in [5.74, 6) is 0.256. The van der Waals surface area contributed by atoms with E-state index in [-0.39, 0.29) is 10.0 Å². The average Bonchev–Trinajstić information content (AvgIpc) is 2.98. The van der Waals surface area contributed by atoms with Crippen molar-refractivity contribution in [1.29, 1.82) is 0 Å². The van der Waals surface area contributed by atoms with Gasteiger partial charge in [-0.3, -0.25) is 4.79 Å². The maximum atomic E-state index is 12.1. The van der Waals surface area contributed by atoms with Gasteiger partial charge in [-0.25, -0.2) is 8.42 Å². The molecule has 0 saturated carbocycles. The van der Waals surface area contributed by atoms with Crippen LogP contribution < -0.4 is 10.0 Å². The number of nitrogens with zero attached hydrogens (tertiary/aromatic N) is 1. The number of aryl methyl sites for hydroxylation is 1. The highest BCUT2D eigenvalue weighted by atomic mass is 79.9. The van der Waals surface area contributed by atoms with Gasteiger partial charge in [0, 0.05) is 6.07 Å². The molecule has 2 aromatic heterocycles. The van der Waals surface area contributed by atoms with Crippen molar-refractivity contribution < 1.29 is 17.7 Å². The van der Waals surface area contributed by atoms with E-state index in [1.54, 1.807) is 13.0 Å². The molecule has 0 aromatic carbocycles. The zero-order valence-electron chi connectivity index (χ0n) is 11.1. The minimum absolute atomic E-state index is 0.131. The maximum Gasteiger partial charge on any atom is 0.250 e. The molecule has 2 rings (SSSR count). The van der Waals surface area contributed by atoms with Crippen molar-refractivity contribution in [2.24, 2.45) is 0 Å². The van der Waals surface area contributed by atoms with E-state index in [0.29, 0.717) is 9.55 Å². The van der Waals surface area contributed by atoms with Crippen LogP contribution in [0.3, 0.4) is 0 Å². The first-order valence-corrected chi connectivity index (χ1v) is 8.89. The highest BCUT2D eigenvalue weighted by Gasteiger charge is 2.23. The molecule has 0 unspecified atom stereocenters. The molecule has 1 atom stereocenters. The van der Waals surface area contributed by atoms with Crippen LogP contribution in [0.2, 0.25) is 0 Å². The van der Waals surface area contributed by atoms with E-state index in [1.165, 1.54) is 19.1 Å². The Kier molecular flexibility index (Phi) is 4.81. The van der Waals surface area contributed by atoms with E-state index in [4.69, 9.17) is 4.52 Å². The lowest BCUT2D eigenvalue weighted by molar-refractivity contribution is -0.117. The van der Waals surface area contributed by atoms with Gasteiger partial charge in [0.05, 0.1) is 9.83 Å². The number of thiophene rings is 1. The molecule has 7 nitrogen and oxygen atoms in total. The Morgan fingerprint density at radius 2 is 2.19 bits per heavy atom. The highest BCUT2D eigenvalue weighted by molar-refractivity contribution is 9.11. The normalized spacial score (nSPS) is 13.1. The Morgan fingerprint density at radius 3 is 2.71 bits per heavy atom. The number of sulfonamides is 1. The molecule has 0 radical (unpaired) electrons. The first-order valence-electron chi connectivity index (χ1n) is 5.80. The molecule has 0 aliphatic carbocycles. The number of nitrogens with one attached hydrogen (secondary N) is 2. The summed E-state index contributed by atoms with van der Waals surface area (Å²) in [4.78, 5) is 11.9. The quantitative estimate of drug-likeness (QED) is 0.809. The predicted octanol–water partition coefficient (Wildman–Crippen LogP) is 2.11. The number of hydrogen-bond donors (Lipinski definition) is 2. The molecule has 10 heteroatoms. The number of rotatable bonds is 5. The number of halogens is 1. The van der Waals surface area contributed by atoms with Gasteiger partial charge in [-0.2, -0.15) is 4.72 Å². The first kappa shape index (κ1) is 16.1. The number of carbonyl (C=O) groups is 1. The van der Waals surface area contributed by atoms with Crippen molar-refractivity contribution in [2.45, 2.75) is 24.1 Å². The number of hydrogen-bond acceptors (Lipinski definition) is 6. The van der Waals surface area contributed by atoms with Crippen molar-refractivity contribution in [3.05, 3.63) is 27.7 Å². The van der Waals surface area contributed by atoms with E-state index >= 15 is 0 Å². The van der Waals surface area contributed by atoms with Gasteiger partial charge in [0.15, 0.2) is 5.82 Å². The SMILES string of the molecule is Cc1cc(NC(=O)[C@H](C)NS(=O)(=O)c2ccc(Br)s2)no1. The summed E-state index contributed by atoms with van der Waals surface area (Å²) in [6.45, 7) is 3.13. The minimum atomic E-state index is -3.74. The van der Waals surface area contributed by atoms with E-state index in [1.807, 2.05) is 0 Å². The van der Waals surface area contributed by atoms with Crippen LogP contribution in [0.5, 0.6) is 0 Å². The third kappa shape index (κ3) is 4.13. The number of amides is 1. The van der Waals surface area contributed by atoms with Crippen molar-refractivity contribution in [3.8, 4) is 0 Å². The van der Waals surface area contributed by atoms with Gasteiger partial charge < -0.3 is 9.84 Å². The van der Waals surface area contributed by atoms with Crippen molar-refractivity contribution in [3.63, 3.8) is 0 Å². The number of carbonyl (C=O) groups excluding carboxylic acids is 1. The molecular weight excluding hydrogens is 382 g/mol. The summed E-state index contributed by atoms with van der Waals surface area (Å²) in [6, 6.07) is 3.67. The molecule has 0 aliphatic heterocycles. The summed E-state index contributed by atoms with van der Waals surface area (Å²) >= 11 is 4.26. The zero-order chi connectivity index (χ0) is 15.6. The number of anilines is 1. The molecule has 0 saturated heterocycles. The lowest BCUT2D eigenvalue weighted by Crippen LogP contribution is -2.41. The van der Waals surface area contributed by atoms with Gasteiger partial charge in [0.25, 0.3) is 10.0 Å². The van der Waals surface area contributed by atoms with Crippen LogP contribution in [0.4, 0.5) is 5.82 Å². The van der Waals surface area contributed by atoms with Gasteiger partial charge in [-0.05, 0) is 41.9 Å². The van der Waals surface area contributed by atoms with Crippen LogP contribution in [0.1, 0.15) is 12.7 Å². The minimum Gasteiger partial charge on any atom is -0.360 e. The highest BCUT2D eigenvalue weighted by Crippen LogP contribution is 2.26. The fraction of sp³-hybridized carbons (Fsp3) is 0.273. The second kappa shape index (κ2) is 6.26. The molecule has 0 aliphatic rings. The third-order valence-corrected chi connectivity index (χ3v) is 6.07. The molecule has 0 spiro atoms.